The molecule has 0 unspecified atom stereocenters. The molecule has 1 atom stereocenters. The van der Waals surface area contributed by atoms with Crippen molar-refractivity contribution in [3.63, 3.8) is 0 Å². The monoisotopic (exact) mass is 305 g/mol. The molecule has 0 aromatic heterocycles. The number of carbonyl (C=O) groups is 2. The van der Waals surface area contributed by atoms with Crippen LogP contribution in [0, 0.1) is 0 Å². The molecule has 5 nitrogen and oxygen atoms in total. The molecule has 0 aliphatic heterocycles. The number of carbonyl (C=O) groups excluding carboxylic acids is 2. The molecule has 19 heavy (non-hydrogen) atoms. The Hall–Kier alpha value is -1.30. The average Bonchev–Trinajstić information content (AvgIpc) is 2.30. The van der Waals surface area contributed by atoms with E-state index in [0.717, 1.165) is 0 Å². The topological polar surface area (TPSA) is 75.4 Å². The Labute approximate surface area is 123 Å². The zero-order valence-electron chi connectivity index (χ0n) is 10.9. The first-order valence-electron chi connectivity index (χ1n) is 5.40. The largest absolute Gasteiger partial charge is 0.345 e. The molecule has 0 heterocycles. The summed E-state index contributed by atoms with van der Waals surface area (Å²) in [4.78, 5) is 24.7. The summed E-state index contributed by atoms with van der Waals surface area (Å²) in [5.74, 6) is -0.544. The lowest BCUT2D eigenvalue weighted by Crippen LogP contribution is -2.32. The Bertz CT molecular complexity index is 476. The van der Waals surface area contributed by atoms with Gasteiger partial charge in [-0.1, -0.05) is 11.6 Å². The molecule has 106 valence electrons. The van der Waals surface area contributed by atoms with Gasteiger partial charge in [0.25, 0.3) is 5.91 Å². The molecular weight excluding hydrogens is 289 g/mol. The van der Waals surface area contributed by atoms with Crippen LogP contribution in [0.5, 0.6) is 0 Å². The van der Waals surface area contributed by atoms with E-state index in [1.807, 2.05) is 0 Å². The van der Waals surface area contributed by atoms with E-state index in [1.165, 1.54) is 11.0 Å². The maximum Gasteiger partial charge on any atom is 0.254 e. The fourth-order valence-electron chi connectivity index (χ4n) is 1.26. The third-order valence-electron chi connectivity index (χ3n) is 2.28. The lowest BCUT2D eigenvalue weighted by atomic mass is 10.1. The SMILES string of the molecule is C[C@@H](N)C(=O)Nc1ccc(Cl)c(C(=O)N(C)C)c1.Cl. The Morgan fingerprint density at radius 3 is 2.42 bits per heavy atom. The van der Waals surface area contributed by atoms with Crippen LogP contribution >= 0.6 is 24.0 Å². The smallest absolute Gasteiger partial charge is 0.254 e. The van der Waals surface area contributed by atoms with Crippen LogP contribution in [-0.2, 0) is 4.79 Å². The minimum Gasteiger partial charge on any atom is -0.345 e. The highest BCUT2D eigenvalue weighted by Crippen LogP contribution is 2.21. The van der Waals surface area contributed by atoms with E-state index in [9.17, 15) is 9.59 Å². The summed E-state index contributed by atoms with van der Waals surface area (Å²) in [6, 6.07) is 4.10. The summed E-state index contributed by atoms with van der Waals surface area (Å²) in [5, 5.41) is 2.95. The van der Waals surface area contributed by atoms with E-state index in [-0.39, 0.29) is 24.2 Å². The summed E-state index contributed by atoms with van der Waals surface area (Å²) < 4.78 is 0. The number of halogens is 2. The molecule has 0 aliphatic rings. The minimum absolute atomic E-state index is 0. The van der Waals surface area contributed by atoms with E-state index in [0.29, 0.717) is 16.3 Å². The highest BCUT2D eigenvalue weighted by atomic mass is 35.5. The zero-order chi connectivity index (χ0) is 13.9. The molecule has 0 fully saturated rings. The predicted molar refractivity (Wildman–Crippen MR) is 79.0 cm³/mol. The van der Waals surface area contributed by atoms with E-state index >= 15 is 0 Å². The second-order valence-corrected chi connectivity index (χ2v) is 4.58. The van der Waals surface area contributed by atoms with Gasteiger partial charge >= 0.3 is 0 Å². The lowest BCUT2D eigenvalue weighted by molar-refractivity contribution is -0.117. The maximum atomic E-state index is 11.8. The molecule has 0 radical (unpaired) electrons. The number of amides is 2. The van der Waals surface area contributed by atoms with Crippen molar-refractivity contribution in [2.75, 3.05) is 19.4 Å². The van der Waals surface area contributed by atoms with E-state index in [4.69, 9.17) is 17.3 Å². The van der Waals surface area contributed by atoms with E-state index < -0.39 is 6.04 Å². The third kappa shape index (κ3) is 4.70. The van der Waals surface area contributed by atoms with Crippen molar-refractivity contribution in [2.24, 2.45) is 5.73 Å². The summed E-state index contributed by atoms with van der Waals surface area (Å²) in [6.07, 6.45) is 0. The van der Waals surface area contributed by atoms with Gasteiger partial charge in [-0.25, -0.2) is 0 Å². The van der Waals surface area contributed by atoms with Gasteiger partial charge in [0.05, 0.1) is 16.6 Å². The molecule has 2 amide bonds. The standard InChI is InChI=1S/C12H16ClN3O2.ClH/c1-7(14)11(17)15-8-4-5-10(13)9(6-8)12(18)16(2)3;/h4-7H,14H2,1-3H3,(H,15,17);1H/t7-;/m1./s1. The fourth-order valence-corrected chi connectivity index (χ4v) is 1.46. The van der Waals surface area contributed by atoms with Crippen molar-refractivity contribution < 1.29 is 9.59 Å². The molecular formula is C12H17Cl2N3O2. The number of nitrogens with two attached hydrogens (primary N) is 1. The molecule has 0 saturated carbocycles. The van der Waals surface area contributed by atoms with Crippen LogP contribution < -0.4 is 11.1 Å². The number of hydrogen-bond donors (Lipinski definition) is 2. The van der Waals surface area contributed by atoms with Crippen molar-refractivity contribution in [1.82, 2.24) is 4.90 Å². The van der Waals surface area contributed by atoms with Gasteiger partial charge in [0.15, 0.2) is 0 Å². The van der Waals surface area contributed by atoms with Gasteiger partial charge in [-0.3, -0.25) is 9.59 Å². The predicted octanol–water partition coefficient (Wildman–Crippen LogP) is 1.75. The van der Waals surface area contributed by atoms with Gasteiger partial charge in [-0.15, -0.1) is 12.4 Å². The molecule has 7 heteroatoms. The van der Waals surface area contributed by atoms with Crippen molar-refractivity contribution in [1.29, 1.82) is 0 Å². The maximum absolute atomic E-state index is 11.8. The van der Waals surface area contributed by atoms with Crippen LogP contribution in [-0.4, -0.2) is 36.9 Å². The Morgan fingerprint density at radius 2 is 1.95 bits per heavy atom. The van der Waals surface area contributed by atoms with Crippen molar-refractivity contribution in [2.45, 2.75) is 13.0 Å². The first-order valence-corrected chi connectivity index (χ1v) is 5.78. The highest BCUT2D eigenvalue weighted by molar-refractivity contribution is 6.34. The Balaban J connectivity index is 0.00000324. The van der Waals surface area contributed by atoms with E-state index in [2.05, 4.69) is 5.32 Å². The Morgan fingerprint density at radius 1 is 1.37 bits per heavy atom. The second-order valence-electron chi connectivity index (χ2n) is 4.17. The minimum atomic E-state index is -0.617. The van der Waals surface area contributed by atoms with Crippen LogP contribution in [0.1, 0.15) is 17.3 Å². The summed E-state index contributed by atoms with van der Waals surface area (Å²) in [5.41, 5.74) is 6.28. The van der Waals surface area contributed by atoms with Crippen molar-refractivity contribution >= 4 is 41.5 Å². The number of nitrogens with one attached hydrogen (secondary N) is 1. The van der Waals surface area contributed by atoms with Crippen LogP contribution in [0.15, 0.2) is 18.2 Å². The normalized spacial score (nSPS) is 11.2. The molecule has 0 bridgehead atoms. The first-order chi connectivity index (χ1) is 8.32. The summed E-state index contributed by atoms with van der Waals surface area (Å²) in [7, 11) is 3.26. The second kappa shape index (κ2) is 7.33. The number of benzene rings is 1. The average molecular weight is 306 g/mol. The van der Waals surface area contributed by atoms with Gasteiger partial charge in [0.1, 0.15) is 0 Å². The van der Waals surface area contributed by atoms with Gasteiger partial charge < -0.3 is 16.0 Å². The molecule has 1 aromatic carbocycles. The fraction of sp³-hybridized carbons (Fsp3) is 0.333. The van der Waals surface area contributed by atoms with Crippen molar-refractivity contribution in [3.8, 4) is 0 Å². The quantitative estimate of drug-likeness (QED) is 0.893. The molecule has 0 spiro atoms. The highest BCUT2D eigenvalue weighted by Gasteiger charge is 2.14. The van der Waals surface area contributed by atoms with Crippen LogP contribution in [0.2, 0.25) is 5.02 Å². The van der Waals surface area contributed by atoms with Crippen LogP contribution in [0.4, 0.5) is 5.69 Å². The van der Waals surface area contributed by atoms with E-state index in [1.54, 1.807) is 33.2 Å². The van der Waals surface area contributed by atoms with Gasteiger partial charge in [-0.2, -0.15) is 0 Å². The van der Waals surface area contributed by atoms with Crippen LogP contribution in [0.25, 0.3) is 0 Å². The summed E-state index contributed by atoms with van der Waals surface area (Å²) in [6.45, 7) is 1.58. The molecule has 0 saturated heterocycles. The number of anilines is 1. The van der Waals surface area contributed by atoms with Crippen molar-refractivity contribution in [3.05, 3.63) is 28.8 Å². The van der Waals surface area contributed by atoms with Gasteiger partial charge in [0, 0.05) is 19.8 Å². The van der Waals surface area contributed by atoms with Crippen LogP contribution in [0.3, 0.4) is 0 Å². The summed E-state index contributed by atoms with van der Waals surface area (Å²) >= 11 is 5.95. The molecule has 3 N–H and O–H groups in total. The molecule has 1 rings (SSSR count). The first kappa shape index (κ1) is 17.7. The Kier molecular flexibility index (Phi) is 6.83. The van der Waals surface area contributed by atoms with Gasteiger partial charge in [0.2, 0.25) is 5.91 Å². The number of rotatable bonds is 3. The number of nitrogens with zero attached hydrogens (tertiary/aromatic N) is 1. The van der Waals surface area contributed by atoms with Gasteiger partial charge in [-0.05, 0) is 25.1 Å². The number of hydrogen-bond acceptors (Lipinski definition) is 3. The third-order valence-corrected chi connectivity index (χ3v) is 2.61. The lowest BCUT2D eigenvalue weighted by Gasteiger charge is -2.13. The molecule has 1 aromatic rings. The zero-order valence-corrected chi connectivity index (χ0v) is 12.5. The molecule has 0 aliphatic carbocycles.